The van der Waals surface area contributed by atoms with Crippen molar-refractivity contribution in [2.75, 3.05) is 11.9 Å². The zero-order chi connectivity index (χ0) is 37.6. The van der Waals surface area contributed by atoms with Crippen LogP contribution in [0.5, 0.6) is 11.5 Å². The van der Waals surface area contributed by atoms with Crippen molar-refractivity contribution in [1.82, 2.24) is 15.0 Å². The molecule has 0 saturated heterocycles. The standard InChI is InChI=1S/C27H20Cl2N8O11S3/c1-12-7-18(20(38)11-17(12)33-35-19-10-15(49(40,41)42)4-6-21(19)50(43,44)45)34-36-23-22(51(46,47)48)9-13-8-14(3-5-16(13)24(23)39)37(2)27-31-25(28)30-26(29)32-27/h3-11,38-39H,1-2H3,(H,40,41,42)(H,43,44,45)(H,46,47,48). The van der Waals surface area contributed by atoms with Crippen molar-refractivity contribution in [3.63, 3.8) is 0 Å². The number of fused-ring (bicyclic) bond motifs is 1. The summed E-state index contributed by atoms with van der Waals surface area (Å²) < 4.78 is 100. The van der Waals surface area contributed by atoms with Gasteiger partial charge in [-0.15, -0.1) is 15.3 Å². The maximum Gasteiger partial charge on any atom is 0.296 e. The summed E-state index contributed by atoms with van der Waals surface area (Å²) in [6.07, 6.45) is 0. The number of aromatic hydroxyl groups is 2. The van der Waals surface area contributed by atoms with Crippen LogP contribution in [0.1, 0.15) is 5.56 Å². The summed E-state index contributed by atoms with van der Waals surface area (Å²) in [5.41, 5.74) is -1.16. The summed E-state index contributed by atoms with van der Waals surface area (Å²) in [5, 5.41) is 36.6. The number of azo groups is 2. The highest BCUT2D eigenvalue weighted by Crippen LogP contribution is 2.44. The molecule has 0 aliphatic heterocycles. The van der Waals surface area contributed by atoms with E-state index in [9.17, 15) is 49.1 Å². The Kier molecular flexibility index (Phi) is 9.99. The maximum atomic E-state index is 12.4. The van der Waals surface area contributed by atoms with Crippen molar-refractivity contribution in [3.8, 4) is 11.5 Å². The van der Waals surface area contributed by atoms with E-state index in [1.54, 1.807) is 7.05 Å². The lowest BCUT2D eigenvalue weighted by atomic mass is 10.1. The average Bonchev–Trinajstić information content (AvgIpc) is 3.02. The number of phenolic OH excluding ortho intramolecular Hbond substituents is 2. The van der Waals surface area contributed by atoms with E-state index in [1.807, 2.05) is 0 Å². The van der Waals surface area contributed by atoms with Crippen LogP contribution in [0.4, 0.5) is 34.4 Å². The normalized spacial score (nSPS) is 12.7. The molecular weight excluding hydrogens is 779 g/mol. The van der Waals surface area contributed by atoms with Gasteiger partial charge in [-0.05, 0) is 89.6 Å². The van der Waals surface area contributed by atoms with Crippen LogP contribution in [-0.2, 0) is 30.4 Å². The van der Waals surface area contributed by atoms with Crippen LogP contribution in [0.2, 0.25) is 10.6 Å². The first-order chi connectivity index (χ1) is 23.6. The van der Waals surface area contributed by atoms with Crippen LogP contribution in [0, 0.1) is 6.92 Å². The van der Waals surface area contributed by atoms with E-state index < -0.39 is 67.9 Å². The molecular formula is C27H20Cl2N8O11S3. The molecule has 0 saturated carbocycles. The molecule has 24 heteroatoms. The van der Waals surface area contributed by atoms with E-state index in [-0.39, 0.29) is 44.2 Å². The number of hydrogen-bond acceptors (Lipinski definition) is 16. The van der Waals surface area contributed by atoms with Crippen LogP contribution in [-0.4, -0.2) is 71.1 Å². The lowest BCUT2D eigenvalue weighted by Crippen LogP contribution is -2.13. The molecule has 51 heavy (non-hydrogen) atoms. The number of benzene rings is 4. The third-order valence-electron chi connectivity index (χ3n) is 6.89. The minimum absolute atomic E-state index is 0.0424. The largest absolute Gasteiger partial charge is 0.506 e. The third kappa shape index (κ3) is 8.18. The smallest absolute Gasteiger partial charge is 0.296 e. The summed E-state index contributed by atoms with van der Waals surface area (Å²) in [7, 11) is -13.2. The number of halogens is 2. The molecule has 19 nitrogen and oxygen atoms in total. The highest BCUT2D eigenvalue weighted by atomic mass is 35.5. The Morgan fingerprint density at radius 1 is 0.667 bits per heavy atom. The van der Waals surface area contributed by atoms with Gasteiger partial charge in [-0.3, -0.25) is 13.7 Å². The van der Waals surface area contributed by atoms with Gasteiger partial charge in [0, 0.05) is 24.2 Å². The molecule has 0 radical (unpaired) electrons. The second kappa shape index (κ2) is 13.6. The molecule has 5 aromatic rings. The van der Waals surface area contributed by atoms with Crippen molar-refractivity contribution in [3.05, 3.63) is 70.7 Å². The summed E-state index contributed by atoms with van der Waals surface area (Å²) in [6.45, 7) is 1.44. The number of rotatable bonds is 9. The first kappa shape index (κ1) is 37.3. The van der Waals surface area contributed by atoms with E-state index in [1.165, 1.54) is 36.1 Å². The van der Waals surface area contributed by atoms with Gasteiger partial charge in [-0.1, -0.05) is 0 Å². The number of aryl methyl sites for hydroxylation is 1. The third-order valence-corrected chi connectivity index (χ3v) is 9.85. The molecule has 266 valence electrons. The SMILES string of the molecule is Cc1cc(N=Nc2c(S(=O)(=O)O)cc3cc(N(C)c4nc(Cl)nc(Cl)n4)ccc3c2O)c(O)cc1N=Nc1cc(S(=O)(=O)O)ccc1S(=O)(=O)O. The van der Waals surface area contributed by atoms with Crippen molar-refractivity contribution in [2.24, 2.45) is 20.5 Å². The fourth-order valence-corrected chi connectivity index (χ4v) is 6.56. The van der Waals surface area contributed by atoms with Crippen LogP contribution in [0.15, 0.2) is 89.7 Å². The Morgan fingerprint density at radius 3 is 1.88 bits per heavy atom. The Bertz CT molecular complexity index is 2640. The van der Waals surface area contributed by atoms with Crippen LogP contribution < -0.4 is 4.90 Å². The van der Waals surface area contributed by atoms with Crippen LogP contribution >= 0.6 is 23.2 Å². The summed E-state index contributed by atoms with van der Waals surface area (Å²) in [4.78, 5) is 10.6. The monoisotopic (exact) mass is 798 g/mol. The summed E-state index contributed by atoms with van der Waals surface area (Å²) in [6, 6.07) is 9.62. The molecule has 5 rings (SSSR count). The average molecular weight is 800 g/mol. The maximum absolute atomic E-state index is 12.4. The zero-order valence-corrected chi connectivity index (χ0v) is 29.4. The molecule has 5 N–H and O–H groups in total. The minimum atomic E-state index is -5.03. The molecule has 0 bridgehead atoms. The van der Waals surface area contributed by atoms with Gasteiger partial charge in [-0.25, -0.2) is 0 Å². The van der Waals surface area contributed by atoms with Crippen molar-refractivity contribution in [2.45, 2.75) is 21.6 Å². The van der Waals surface area contributed by atoms with Gasteiger partial charge in [0.1, 0.15) is 32.6 Å². The second-order valence-electron chi connectivity index (χ2n) is 10.3. The number of anilines is 2. The zero-order valence-electron chi connectivity index (χ0n) is 25.4. The van der Waals surface area contributed by atoms with Crippen molar-refractivity contribution < 1.29 is 49.1 Å². The Labute approximate surface area is 297 Å². The van der Waals surface area contributed by atoms with Crippen molar-refractivity contribution >= 4 is 98.7 Å². The highest BCUT2D eigenvalue weighted by molar-refractivity contribution is 7.86. The van der Waals surface area contributed by atoms with Crippen molar-refractivity contribution in [1.29, 1.82) is 0 Å². The Morgan fingerprint density at radius 2 is 1.27 bits per heavy atom. The lowest BCUT2D eigenvalue weighted by molar-refractivity contribution is 0.471. The van der Waals surface area contributed by atoms with E-state index in [4.69, 9.17) is 23.2 Å². The predicted octanol–water partition coefficient (Wildman–Crippen LogP) is 6.39. The number of nitrogens with zero attached hydrogens (tertiary/aromatic N) is 8. The van der Waals surface area contributed by atoms with Gasteiger partial charge in [0.25, 0.3) is 30.4 Å². The molecule has 0 atom stereocenters. The van der Waals surface area contributed by atoms with Gasteiger partial charge in [0.2, 0.25) is 16.5 Å². The Balaban J connectivity index is 1.53. The molecule has 0 amide bonds. The Hall–Kier alpha value is -4.94. The lowest BCUT2D eigenvalue weighted by Gasteiger charge is -2.18. The summed E-state index contributed by atoms with van der Waals surface area (Å²) in [5.74, 6) is -1.28. The minimum Gasteiger partial charge on any atom is -0.506 e. The highest BCUT2D eigenvalue weighted by Gasteiger charge is 2.24. The van der Waals surface area contributed by atoms with Gasteiger partial charge in [0.15, 0.2) is 5.75 Å². The number of aromatic nitrogens is 3. The molecule has 0 unspecified atom stereocenters. The first-order valence-corrected chi connectivity index (χ1v) is 18.6. The molecule has 0 aliphatic carbocycles. The van der Waals surface area contributed by atoms with E-state index in [2.05, 4.69) is 35.4 Å². The van der Waals surface area contributed by atoms with Gasteiger partial charge in [-0.2, -0.15) is 45.3 Å². The second-order valence-corrected chi connectivity index (χ2v) is 15.2. The van der Waals surface area contributed by atoms with Crippen LogP contribution in [0.25, 0.3) is 10.8 Å². The molecule has 0 aliphatic rings. The molecule has 1 heterocycles. The van der Waals surface area contributed by atoms with E-state index >= 15 is 0 Å². The van der Waals surface area contributed by atoms with E-state index in [0.717, 1.165) is 18.2 Å². The number of phenols is 2. The summed E-state index contributed by atoms with van der Waals surface area (Å²) >= 11 is 11.7. The van der Waals surface area contributed by atoms with Crippen LogP contribution in [0.3, 0.4) is 0 Å². The molecule has 4 aromatic carbocycles. The molecule has 0 spiro atoms. The molecule has 1 aromatic heterocycles. The fourth-order valence-electron chi connectivity index (χ4n) is 4.45. The first-order valence-electron chi connectivity index (χ1n) is 13.5. The predicted molar refractivity (Wildman–Crippen MR) is 181 cm³/mol. The van der Waals surface area contributed by atoms with Gasteiger partial charge < -0.3 is 15.1 Å². The number of hydrogen-bond donors (Lipinski definition) is 5. The fraction of sp³-hybridized carbons (Fsp3) is 0.0741. The van der Waals surface area contributed by atoms with E-state index in [0.29, 0.717) is 17.8 Å². The topological polar surface area (TPSA) is 295 Å². The quantitative estimate of drug-likeness (QED) is 0.0797. The molecule has 0 fully saturated rings. The van der Waals surface area contributed by atoms with Gasteiger partial charge >= 0.3 is 0 Å². The van der Waals surface area contributed by atoms with Gasteiger partial charge in [0.05, 0.1) is 10.6 Å².